The van der Waals surface area contributed by atoms with Crippen molar-refractivity contribution in [3.63, 3.8) is 0 Å². The molecule has 0 amide bonds. The quantitative estimate of drug-likeness (QED) is 0.473. The number of hydrogen-bond acceptors (Lipinski definition) is 5. The third-order valence-corrected chi connectivity index (χ3v) is 4.38. The highest BCUT2D eigenvalue weighted by Crippen LogP contribution is 2.29. The van der Waals surface area contributed by atoms with E-state index >= 15 is 0 Å². The van der Waals surface area contributed by atoms with Crippen molar-refractivity contribution in [3.05, 3.63) is 0 Å². The van der Waals surface area contributed by atoms with Gasteiger partial charge in [0.1, 0.15) is 18.3 Å². The summed E-state index contributed by atoms with van der Waals surface area (Å²) in [6.07, 6.45) is 5.40. The summed E-state index contributed by atoms with van der Waals surface area (Å²) in [5.74, 6) is 0. The summed E-state index contributed by atoms with van der Waals surface area (Å²) in [6, 6.07) is 0. The third-order valence-electron chi connectivity index (χ3n) is 4.38. The van der Waals surface area contributed by atoms with E-state index in [0.717, 1.165) is 45.1 Å². The van der Waals surface area contributed by atoms with Gasteiger partial charge in [-0.25, -0.2) is 0 Å². The van der Waals surface area contributed by atoms with Crippen LogP contribution in [0.3, 0.4) is 0 Å². The Hall–Kier alpha value is -0.200. The van der Waals surface area contributed by atoms with E-state index in [1.54, 1.807) is 7.11 Å². The second-order valence-corrected chi connectivity index (χ2v) is 6.51. The van der Waals surface area contributed by atoms with Gasteiger partial charge >= 0.3 is 0 Å². The molecular weight excluding hydrogens is 308 g/mol. The zero-order chi connectivity index (χ0) is 17.8. The van der Waals surface area contributed by atoms with Crippen LogP contribution in [0.25, 0.3) is 0 Å². The third kappa shape index (κ3) is 6.96. The minimum absolute atomic E-state index is 0.0792. The van der Waals surface area contributed by atoms with Crippen molar-refractivity contribution in [1.82, 2.24) is 0 Å². The first-order valence-corrected chi connectivity index (χ1v) is 9.72. The molecule has 24 heavy (non-hydrogen) atoms. The Labute approximate surface area is 148 Å². The maximum absolute atomic E-state index is 6.20. The molecule has 0 radical (unpaired) electrons. The van der Waals surface area contributed by atoms with Crippen molar-refractivity contribution in [2.45, 2.75) is 96.9 Å². The van der Waals surface area contributed by atoms with Crippen LogP contribution < -0.4 is 0 Å². The van der Waals surface area contributed by atoms with Crippen LogP contribution >= 0.6 is 0 Å². The van der Waals surface area contributed by atoms with Gasteiger partial charge in [0.2, 0.25) is 0 Å². The van der Waals surface area contributed by atoms with Gasteiger partial charge in [0.05, 0.1) is 6.10 Å². The first-order valence-electron chi connectivity index (χ1n) is 9.72. The molecule has 1 aliphatic rings. The van der Waals surface area contributed by atoms with E-state index in [1.807, 2.05) is 6.92 Å². The SMILES string of the molecule is CCCCOC1[C@@H](OC)OC(C)[C@H](OCCCC)[C@@H]1OCCCC. The summed E-state index contributed by atoms with van der Waals surface area (Å²) < 4.78 is 30.0. The van der Waals surface area contributed by atoms with E-state index in [-0.39, 0.29) is 24.4 Å². The molecule has 0 bridgehead atoms. The topological polar surface area (TPSA) is 46.2 Å². The maximum Gasteiger partial charge on any atom is 0.186 e. The molecule has 0 spiro atoms. The van der Waals surface area contributed by atoms with Gasteiger partial charge in [-0.05, 0) is 26.2 Å². The molecule has 0 N–H and O–H groups in total. The molecular formula is C19H38O5. The number of hydrogen-bond donors (Lipinski definition) is 0. The molecule has 0 aromatic carbocycles. The largest absolute Gasteiger partial charge is 0.373 e. The lowest BCUT2D eigenvalue weighted by atomic mass is 9.98. The van der Waals surface area contributed by atoms with Crippen LogP contribution in [0.1, 0.15) is 66.2 Å². The number of methoxy groups -OCH3 is 1. The molecule has 1 fully saturated rings. The molecule has 1 heterocycles. The maximum atomic E-state index is 6.20. The molecule has 0 saturated carbocycles. The molecule has 0 aliphatic carbocycles. The lowest BCUT2D eigenvalue weighted by Gasteiger charge is -2.44. The van der Waals surface area contributed by atoms with E-state index in [9.17, 15) is 0 Å². The van der Waals surface area contributed by atoms with Crippen molar-refractivity contribution in [2.24, 2.45) is 0 Å². The minimum Gasteiger partial charge on any atom is -0.373 e. The number of unbranched alkanes of at least 4 members (excludes halogenated alkanes) is 3. The van der Waals surface area contributed by atoms with Gasteiger partial charge in [-0.15, -0.1) is 0 Å². The van der Waals surface area contributed by atoms with Gasteiger partial charge in [0.25, 0.3) is 0 Å². The molecule has 0 aromatic heterocycles. The summed E-state index contributed by atoms with van der Waals surface area (Å²) in [5, 5.41) is 0. The molecule has 1 saturated heterocycles. The minimum atomic E-state index is -0.408. The standard InChI is InChI=1S/C19H38O5/c1-6-9-12-21-16-15(4)24-19(20-5)18(23-14-11-8-3)17(16)22-13-10-7-2/h15-19H,6-14H2,1-5H3/t15?,16-,17-,18?,19-/m0/s1. The van der Waals surface area contributed by atoms with Crippen molar-refractivity contribution >= 4 is 0 Å². The Morgan fingerprint density at radius 3 is 1.62 bits per heavy atom. The Balaban J connectivity index is 2.79. The fourth-order valence-electron chi connectivity index (χ4n) is 2.85. The van der Waals surface area contributed by atoms with Crippen molar-refractivity contribution in [1.29, 1.82) is 0 Å². The van der Waals surface area contributed by atoms with E-state index in [0.29, 0.717) is 13.2 Å². The first-order chi connectivity index (χ1) is 11.7. The van der Waals surface area contributed by atoms with Crippen molar-refractivity contribution in [2.75, 3.05) is 26.9 Å². The molecule has 0 aromatic rings. The highest BCUT2D eigenvalue weighted by molar-refractivity contribution is 4.91. The zero-order valence-electron chi connectivity index (χ0n) is 16.3. The van der Waals surface area contributed by atoms with Gasteiger partial charge in [0, 0.05) is 26.9 Å². The van der Waals surface area contributed by atoms with Crippen molar-refractivity contribution < 1.29 is 23.7 Å². The Morgan fingerprint density at radius 2 is 1.17 bits per heavy atom. The average molecular weight is 347 g/mol. The lowest BCUT2D eigenvalue weighted by Crippen LogP contribution is -2.60. The van der Waals surface area contributed by atoms with E-state index in [4.69, 9.17) is 23.7 Å². The normalized spacial score (nSPS) is 30.6. The number of ether oxygens (including phenoxy) is 5. The van der Waals surface area contributed by atoms with Crippen LogP contribution in [0, 0.1) is 0 Å². The fraction of sp³-hybridized carbons (Fsp3) is 1.00. The molecule has 5 atom stereocenters. The van der Waals surface area contributed by atoms with Gasteiger partial charge in [-0.1, -0.05) is 40.0 Å². The summed E-state index contributed by atoms with van der Waals surface area (Å²) in [7, 11) is 1.66. The van der Waals surface area contributed by atoms with Crippen LogP contribution in [0.2, 0.25) is 0 Å². The van der Waals surface area contributed by atoms with Crippen LogP contribution in [0.4, 0.5) is 0 Å². The summed E-state index contributed by atoms with van der Waals surface area (Å²) in [5.41, 5.74) is 0. The predicted octanol–water partition coefficient (Wildman–Crippen LogP) is 3.93. The van der Waals surface area contributed by atoms with Crippen LogP contribution in [0.15, 0.2) is 0 Å². The van der Waals surface area contributed by atoms with Gasteiger partial charge in [-0.3, -0.25) is 0 Å². The summed E-state index contributed by atoms with van der Waals surface area (Å²) in [4.78, 5) is 0. The second-order valence-electron chi connectivity index (χ2n) is 6.51. The smallest absolute Gasteiger partial charge is 0.186 e. The predicted molar refractivity (Wildman–Crippen MR) is 95.3 cm³/mol. The lowest BCUT2D eigenvalue weighted by molar-refractivity contribution is -0.309. The molecule has 1 rings (SSSR count). The Morgan fingerprint density at radius 1 is 0.708 bits per heavy atom. The molecule has 1 aliphatic heterocycles. The van der Waals surface area contributed by atoms with Crippen LogP contribution in [-0.4, -0.2) is 57.6 Å². The van der Waals surface area contributed by atoms with E-state index < -0.39 is 6.29 Å². The van der Waals surface area contributed by atoms with Gasteiger partial charge in [-0.2, -0.15) is 0 Å². The van der Waals surface area contributed by atoms with Gasteiger partial charge < -0.3 is 23.7 Å². The fourth-order valence-corrected chi connectivity index (χ4v) is 2.85. The van der Waals surface area contributed by atoms with E-state index in [2.05, 4.69) is 20.8 Å². The van der Waals surface area contributed by atoms with Crippen LogP contribution in [0.5, 0.6) is 0 Å². The Bertz CT molecular complexity index is 299. The monoisotopic (exact) mass is 346 g/mol. The Kier molecular flexibility index (Phi) is 11.9. The molecule has 144 valence electrons. The molecule has 2 unspecified atom stereocenters. The zero-order valence-corrected chi connectivity index (χ0v) is 16.3. The summed E-state index contributed by atoms with van der Waals surface area (Å²) in [6.45, 7) is 10.6. The second kappa shape index (κ2) is 13.1. The first kappa shape index (κ1) is 21.8. The van der Waals surface area contributed by atoms with Gasteiger partial charge in [0.15, 0.2) is 6.29 Å². The molecule has 5 nitrogen and oxygen atoms in total. The highest BCUT2D eigenvalue weighted by Gasteiger charge is 2.46. The molecule has 5 heteroatoms. The highest BCUT2D eigenvalue weighted by atomic mass is 16.7. The van der Waals surface area contributed by atoms with E-state index in [1.165, 1.54) is 0 Å². The van der Waals surface area contributed by atoms with Crippen LogP contribution in [-0.2, 0) is 23.7 Å². The summed E-state index contributed by atoms with van der Waals surface area (Å²) >= 11 is 0. The van der Waals surface area contributed by atoms with Crippen molar-refractivity contribution in [3.8, 4) is 0 Å². The number of rotatable bonds is 13. The average Bonchev–Trinajstić information content (AvgIpc) is 2.58.